The summed E-state index contributed by atoms with van der Waals surface area (Å²) < 4.78 is 23.5. The number of hydrogen-bond acceptors (Lipinski definition) is 2. The predicted molar refractivity (Wildman–Crippen MR) is 67.9 cm³/mol. The molecule has 0 unspecified atom stereocenters. The van der Waals surface area contributed by atoms with Crippen LogP contribution in [-0.4, -0.2) is 8.42 Å². The second kappa shape index (κ2) is 5.30. The van der Waals surface area contributed by atoms with Crippen molar-refractivity contribution in [2.75, 3.05) is 0 Å². The summed E-state index contributed by atoms with van der Waals surface area (Å²) in [6.45, 7) is 6.11. The highest BCUT2D eigenvalue weighted by Crippen LogP contribution is 2.33. The van der Waals surface area contributed by atoms with Crippen LogP contribution in [0.4, 0.5) is 0 Å². The van der Waals surface area contributed by atoms with Gasteiger partial charge in [0.15, 0.2) is 0 Å². The van der Waals surface area contributed by atoms with Gasteiger partial charge in [-0.05, 0) is 24.1 Å². The Kier molecular flexibility index (Phi) is 4.30. The fraction of sp³-hybridized carbons (Fsp3) is 0.385. The van der Waals surface area contributed by atoms with E-state index in [4.69, 9.17) is 0 Å². The van der Waals surface area contributed by atoms with Crippen LogP contribution in [0.5, 0.6) is 0 Å². The molecule has 0 aliphatic carbocycles. The lowest BCUT2D eigenvalue weighted by atomic mass is 10.2. The molecule has 0 saturated heterocycles. The van der Waals surface area contributed by atoms with E-state index in [2.05, 4.69) is 13.8 Å². The van der Waals surface area contributed by atoms with Crippen molar-refractivity contribution in [2.24, 2.45) is 0 Å². The Bertz CT molecular complexity index is 484. The SMILES string of the molecule is CCC.CCC1=Cc2ccccc2S1(=O)=O. The lowest BCUT2D eigenvalue weighted by Crippen LogP contribution is -1.99. The van der Waals surface area contributed by atoms with Crippen molar-refractivity contribution >= 4 is 15.9 Å². The van der Waals surface area contributed by atoms with Crippen LogP contribution < -0.4 is 0 Å². The molecule has 0 amide bonds. The zero-order chi connectivity index (χ0) is 12.2. The van der Waals surface area contributed by atoms with E-state index in [1.54, 1.807) is 18.2 Å². The van der Waals surface area contributed by atoms with Crippen LogP contribution in [0.1, 0.15) is 39.2 Å². The summed E-state index contributed by atoms with van der Waals surface area (Å²) in [5.41, 5.74) is 0.819. The van der Waals surface area contributed by atoms with Crippen molar-refractivity contribution in [2.45, 2.75) is 38.5 Å². The average molecular weight is 238 g/mol. The third kappa shape index (κ3) is 2.35. The van der Waals surface area contributed by atoms with Crippen LogP contribution in [-0.2, 0) is 9.84 Å². The topological polar surface area (TPSA) is 34.1 Å². The smallest absolute Gasteiger partial charge is 0.203 e. The van der Waals surface area contributed by atoms with Crippen LogP contribution in [0, 0.1) is 0 Å². The van der Waals surface area contributed by atoms with Crippen LogP contribution >= 0.6 is 0 Å². The van der Waals surface area contributed by atoms with Gasteiger partial charge in [0.05, 0.1) is 4.90 Å². The average Bonchev–Trinajstić information content (AvgIpc) is 2.52. The summed E-state index contributed by atoms with van der Waals surface area (Å²) in [4.78, 5) is 0.973. The summed E-state index contributed by atoms with van der Waals surface area (Å²) in [6, 6.07) is 7.09. The Morgan fingerprint density at radius 3 is 2.12 bits per heavy atom. The molecule has 2 rings (SSSR count). The van der Waals surface area contributed by atoms with Gasteiger partial charge in [-0.1, -0.05) is 45.4 Å². The van der Waals surface area contributed by atoms with Gasteiger partial charge in [0.25, 0.3) is 0 Å². The van der Waals surface area contributed by atoms with E-state index in [9.17, 15) is 8.42 Å². The quantitative estimate of drug-likeness (QED) is 0.748. The van der Waals surface area contributed by atoms with Gasteiger partial charge in [0.1, 0.15) is 0 Å². The number of benzene rings is 1. The number of rotatable bonds is 1. The molecule has 0 radical (unpaired) electrons. The molecule has 16 heavy (non-hydrogen) atoms. The van der Waals surface area contributed by atoms with Crippen LogP contribution in [0.15, 0.2) is 34.1 Å². The first kappa shape index (κ1) is 13.0. The third-order valence-corrected chi connectivity index (χ3v) is 4.27. The molecule has 3 heteroatoms. The lowest BCUT2D eigenvalue weighted by molar-refractivity contribution is 0.602. The van der Waals surface area contributed by atoms with Crippen LogP contribution in [0.3, 0.4) is 0 Å². The maximum absolute atomic E-state index is 11.7. The molecule has 0 aromatic heterocycles. The van der Waals surface area contributed by atoms with Gasteiger partial charge in [-0.2, -0.15) is 0 Å². The normalized spacial score (nSPS) is 15.8. The van der Waals surface area contributed by atoms with Gasteiger partial charge in [-0.3, -0.25) is 0 Å². The molecule has 0 spiro atoms. The van der Waals surface area contributed by atoms with Crippen molar-refractivity contribution in [1.82, 2.24) is 0 Å². The maximum Gasteiger partial charge on any atom is 0.203 e. The first-order valence-corrected chi connectivity index (χ1v) is 7.10. The fourth-order valence-electron chi connectivity index (χ4n) is 1.53. The molecular formula is C13H18O2S. The van der Waals surface area contributed by atoms with Gasteiger partial charge in [0.2, 0.25) is 9.84 Å². The van der Waals surface area contributed by atoms with E-state index in [1.807, 2.05) is 19.1 Å². The van der Waals surface area contributed by atoms with E-state index in [1.165, 1.54) is 6.42 Å². The molecule has 2 nitrogen and oxygen atoms in total. The Balaban J connectivity index is 0.000000386. The minimum Gasteiger partial charge on any atom is -0.219 e. The van der Waals surface area contributed by atoms with Gasteiger partial charge >= 0.3 is 0 Å². The molecule has 1 aliphatic rings. The second-order valence-corrected chi connectivity index (χ2v) is 5.68. The van der Waals surface area contributed by atoms with Crippen molar-refractivity contribution < 1.29 is 8.42 Å². The van der Waals surface area contributed by atoms with Crippen molar-refractivity contribution in [1.29, 1.82) is 0 Å². The summed E-state index contributed by atoms with van der Waals surface area (Å²) in [6.07, 6.45) is 3.57. The van der Waals surface area contributed by atoms with Gasteiger partial charge < -0.3 is 0 Å². The second-order valence-electron chi connectivity index (χ2n) is 3.71. The van der Waals surface area contributed by atoms with Crippen molar-refractivity contribution in [3.8, 4) is 0 Å². The maximum atomic E-state index is 11.7. The molecule has 0 saturated carbocycles. The van der Waals surface area contributed by atoms with Crippen molar-refractivity contribution in [3.63, 3.8) is 0 Å². The lowest BCUT2D eigenvalue weighted by Gasteiger charge is -1.99. The molecule has 1 heterocycles. The molecule has 0 fully saturated rings. The first-order chi connectivity index (χ1) is 7.57. The monoisotopic (exact) mass is 238 g/mol. The molecule has 0 bridgehead atoms. The summed E-state index contributed by atoms with van der Waals surface area (Å²) >= 11 is 0. The highest BCUT2D eigenvalue weighted by atomic mass is 32.2. The fourth-order valence-corrected chi connectivity index (χ4v) is 3.17. The largest absolute Gasteiger partial charge is 0.219 e. The van der Waals surface area contributed by atoms with E-state index in [0.717, 1.165) is 5.56 Å². The Hall–Kier alpha value is -1.09. The highest BCUT2D eigenvalue weighted by molar-refractivity contribution is 7.95. The number of hydrogen-bond donors (Lipinski definition) is 0. The summed E-state index contributed by atoms with van der Waals surface area (Å²) in [7, 11) is -3.14. The molecule has 0 N–H and O–H groups in total. The highest BCUT2D eigenvalue weighted by Gasteiger charge is 2.27. The van der Waals surface area contributed by atoms with Gasteiger partial charge in [-0.25, -0.2) is 8.42 Å². The number of allylic oxidation sites excluding steroid dienone is 1. The summed E-state index contributed by atoms with van der Waals surface area (Å²) in [5, 5.41) is 0. The Labute approximate surface area is 97.9 Å². The van der Waals surface area contributed by atoms with Crippen LogP contribution in [0.2, 0.25) is 0 Å². The van der Waals surface area contributed by atoms with E-state index < -0.39 is 9.84 Å². The molecular weight excluding hydrogens is 220 g/mol. The molecule has 1 aromatic carbocycles. The molecule has 0 atom stereocenters. The Morgan fingerprint density at radius 1 is 1.06 bits per heavy atom. The zero-order valence-electron chi connectivity index (χ0n) is 10.0. The van der Waals surface area contributed by atoms with Crippen molar-refractivity contribution in [3.05, 3.63) is 34.7 Å². The van der Waals surface area contributed by atoms with Gasteiger partial charge in [0, 0.05) is 4.91 Å². The van der Waals surface area contributed by atoms with Gasteiger partial charge in [-0.15, -0.1) is 0 Å². The number of fused-ring (bicyclic) bond motifs is 1. The minimum atomic E-state index is -3.14. The number of sulfone groups is 1. The standard InChI is InChI=1S/C10H10O2S.C3H8/c1-2-9-7-8-5-3-4-6-10(8)13(9,11)12;1-3-2/h3-7H,2H2,1H3;3H2,1-2H3. The molecule has 1 aliphatic heterocycles. The minimum absolute atomic E-state index is 0.451. The third-order valence-electron chi connectivity index (χ3n) is 2.22. The van der Waals surface area contributed by atoms with Crippen LogP contribution in [0.25, 0.3) is 6.08 Å². The zero-order valence-corrected chi connectivity index (χ0v) is 10.8. The first-order valence-electron chi connectivity index (χ1n) is 5.62. The molecule has 1 aromatic rings. The van der Waals surface area contributed by atoms with E-state index in [0.29, 0.717) is 16.2 Å². The summed E-state index contributed by atoms with van der Waals surface area (Å²) in [5.74, 6) is 0. The molecule has 88 valence electrons. The Morgan fingerprint density at radius 2 is 1.62 bits per heavy atom. The predicted octanol–water partition coefficient (Wildman–Crippen LogP) is 3.64. The van der Waals surface area contributed by atoms with E-state index in [-0.39, 0.29) is 0 Å². The van der Waals surface area contributed by atoms with E-state index >= 15 is 0 Å².